The summed E-state index contributed by atoms with van der Waals surface area (Å²) in [6.45, 7) is 20.5. The fraction of sp³-hybridized carbons (Fsp3) is 0.115. The predicted molar refractivity (Wildman–Crippen MR) is 467 cm³/mol. The van der Waals surface area contributed by atoms with Crippen molar-refractivity contribution >= 4 is 101 Å². The second-order valence-electron chi connectivity index (χ2n) is 33.1. The standard InChI is InChI=1S/C104H81BN6/c1-102(2,3)76-38-26-36-72(54-76)87-58-74(68-30-12-10-13-31-68)56-85(70-34-24-28-66(52-70)64-106)100(87)110-95-62-79(108-91-44-20-16-40-81(91)82-41-17-21-45-92(82)108)48-50-89(95)105-90-51-49-80(109-93-46-22-18-42-83(93)84-43-19-23-47-94(84)109)63-96(90)111(98-61-78(104(7,8)9)60-97(110)99(98)105)101-86(71-35-25-29-67(53-71)65-107)57-75(69-32-14-11-15-33-69)59-88(101)73-37-27-39-77(55-73)103(4,5)6/h10-63H,1-9H3. The van der Waals surface area contributed by atoms with Gasteiger partial charge in [-0.15, -0.1) is 0 Å². The fourth-order valence-electron chi connectivity index (χ4n) is 17.6. The van der Waals surface area contributed by atoms with Crippen LogP contribution in [0, 0.1) is 22.7 Å². The first kappa shape index (κ1) is 68.1. The highest BCUT2D eigenvalue weighted by Crippen LogP contribution is 2.56. The van der Waals surface area contributed by atoms with Crippen LogP contribution in [0.15, 0.2) is 328 Å². The van der Waals surface area contributed by atoms with Crippen molar-refractivity contribution in [3.8, 4) is 90.3 Å². The molecular formula is C104H81BN6. The third-order valence-electron chi connectivity index (χ3n) is 23.1. The van der Waals surface area contributed by atoms with Crippen LogP contribution in [0.1, 0.15) is 90.1 Å². The number of hydrogen-bond donors (Lipinski definition) is 0. The van der Waals surface area contributed by atoms with Crippen molar-refractivity contribution in [3.05, 3.63) is 355 Å². The Labute approximate surface area is 650 Å². The second kappa shape index (κ2) is 26.2. The molecule has 0 saturated heterocycles. The van der Waals surface area contributed by atoms with E-state index in [9.17, 15) is 10.5 Å². The summed E-state index contributed by atoms with van der Waals surface area (Å²) in [6, 6.07) is 126. The third kappa shape index (κ3) is 11.4. The molecule has 6 nitrogen and oxygen atoms in total. The van der Waals surface area contributed by atoms with Crippen LogP contribution in [-0.2, 0) is 16.2 Å². The average Bonchev–Trinajstić information content (AvgIpc) is 0.806. The molecule has 2 aromatic heterocycles. The molecule has 0 radical (unpaired) electrons. The van der Waals surface area contributed by atoms with Crippen molar-refractivity contribution in [1.29, 1.82) is 10.5 Å². The summed E-state index contributed by atoms with van der Waals surface area (Å²) in [5.41, 5.74) is 32.3. The molecule has 0 aliphatic carbocycles. The van der Waals surface area contributed by atoms with Gasteiger partial charge in [-0.1, -0.05) is 281 Å². The third-order valence-corrected chi connectivity index (χ3v) is 23.1. The zero-order chi connectivity index (χ0) is 75.8. The van der Waals surface area contributed by atoms with Gasteiger partial charge < -0.3 is 18.9 Å². The molecule has 19 rings (SSSR count). The first-order valence-electron chi connectivity index (χ1n) is 38.6. The number of aromatic nitrogens is 2. The Morgan fingerprint density at radius 1 is 0.261 bits per heavy atom. The summed E-state index contributed by atoms with van der Waals surface area (Å²) in [6.07, 6.45) is 0. The van der Waals surface area contributed by atoms with Crippen LogP contribution in [0.4, 0.5) is 34.1 Å². The topological polar surface area (TPSA) is 63.9 Å². The maximum absolute atomic E-state index is 11.0. The summed E-state index contributed by atoms with van der Waals surface area (Å²) in [4.78, 5) is 5.30. The van der Waals surface area contributed by atoms with Crippen LogP contribution in [0.5, 0.6) is 0 Å². The first-order chi connectivity index (χ1) is 53.9. The number of nitrogens with zero attached hydrogens (tertiary/aromatic N) is 6. The van der Waals surface area contributed by atoms with Crippen molar-refractivity contribution in [2.45, 2.75) is 78.6 Å². The Balaban J connectivity index is 1.02. The average molecular weight is 1430 g/mol. The van der Waals surface area contributed by atoms with Crippen molar-refractivity contribution < 1.29 is 0 Å². The first-order valence-corrected chi connectivity index (χ1v) is 38.6. The Morgan fingerprint density at radius 3 is 0.919 bits per heavy atom. The zero-order valence-corrected chi connectivity index (χ0v) is 63.9. The summed E-state index contributed by atoms with van der Waals surface area (Å²) in [7, 11) is 0. The van der Waals surface area contributed by atoms with Crippen LogP contribution >= 0.6 is 0 Å². The van der Waals surface area contributed by atoms with E-state index in [-0.39, 0.29) is 17.5 Å². The molecule has 0 saturated carbocycles. The molecule has 0 bridgehead atoms. The monoisotopic (exact) mass is 1420 g/mol. The van der Waals surface area contributed by atoms with E-state index in [1.54, 1.807) is 0 Å². The van der Waals surface area contributed by atoms with Gasteiger partial charge in [0, 0.05) is 77.9 Å². The Morgan fingerprint density at radius 2 is 0.577 bits per heavy atom. The van der Waals surface area contributed by atoms with Crippen molar-refractivity contribution in [1.82, 2.24) is 9.13 Å². The molecule has 530 valence electrons. The van der Waals surface area contributed by atoms with E-state index < -0.39 is 5.41 Å². The normalized spacial score (nSPS) is 12.7. The van der Waals surface area contributed by atoms with Gasteiger partial charge >= 0.3 is 0 Å². The van der Waals surface area contributed by atoms with E-state index in [2.05, 4.69) is 397 Å². The Hall–Kier alpha value is -13.5. The number of para-hydroxylation sites is 4. The molecule has 0 amide bonds. The highest BCUT2D eigenvalue weighted by molar-refractivity contribution is 7.00. The van der Waals surface area contributed by atoms with Crippen LogP contribution in [0.25, 0.3) is 122 Å². The summed E-state index contributed by atoms with van der Waals surface area (Å²) >= 11 is 0. The van der Waals surface area contributed by atoms with Gasteiger partial charge in [0.25, 0.3) is 6.71 Å². The highest BCUT2D eigenvalue weighted by Gasteiger charge is 2.47. The fourth-order valence-corrected chi connectivity index (χ4v) is 17.6. The zero-order valence-electron chi connectivity index (χ0n) is 63.9. The Bertz CT molecular complexity index is 6250. The maximum Gasteiger partial charge on any atom is 0.252 e. The lowest BCUT2D eigenvalue weighted by atomic mass is 9.33. The number of fused-ring (bicyclic) bond motifs is 10. The molecule has 15 aromatic carbocycles. The molecule has 0 unspecified atom stereocenters. The highest BCUT2D eigenvalue weighted by atomic mass is 15.2. The molecule has 111 heavy (non-hydrogen) atoms. The lowest BCUT2D eigenvalue weighted by Gasteiger charge is -2.46. The van der Waals surface area contributed by atoms with Gasteiger partial charge in [-0.05, 0) is 203 Å². The SMILES string of the molecule is CC(C)(C)c1cccc(-c2cc(-c3ccccc3)cc(-c3cccc(C#N)c3)c2N2c3cc(-n4c5ccccc5c5ccccc54)ccc3B3c4ccc(-n5c6ccccc6c6ccccc65)cc4N(c4c(-c5cccc(C#N)c5)cc(-c5ccccc5)cc4-c4cccc(C(C)(C)C)c4)c4cc(C(C)(C)C)cc2c43)c1. The maximum atomic E-state index is 11.0. The van der Waals surface area contributed by atoms with Gasteiger partial charge in [0.05, 0.1) is 56.7 Å². The van der Waals surface area contributed by atoms with E-state index in [4.69, 9.17) is 0 Å². The molecule has 0 N–H and O–H groups in total. The second-order valence-corrected chi connectivity index (χ2v) is 33.1. The number of benzene rings is 15. The van der Waals surface area contributed by atoms with Crippen LogP contribution in [0.2, 0.25) is 0 Å². The molecule has 7 heteroatoms. The number of anilines is 6. The van der Waals surface area contributed by atoms with E-state index in [1.165, 1.54) is 32.7 Å². The molecule has 17 aromatic rings. The van der Waals surface area contributed by atoms with Crippen molar-refractivity contribution in [2.75, 3.05) is 9.80 Å². The lowest BCUT2D eigenvalue weighted by molar-refractivity contribution is 0.590. The molecule has 0 fully saturated rings. The van der Waals surface area contributed by atoms with E-state index in [0.717, 1.165) is 156 Å². The van der Waals surface area contributed by atoms with Gasteiger partial charge in [0.2, 0.25) is 0 Å². The summed E-state index contributed by atoms with van der Waals surface area (Å²) < 4.78 is 4.93. The molecule has 0 atom stereocenters. The molecule has 2 aliphatic heterocycles. The van der Waals surface area contributed by atoms with Gasteiger partial charge in [-0.25, -0.2) is 0 Å². The van der Waals surface area contributed by atoms with E-state index >= 15 is 0 Å². The minimum Gasteiger partial charge on any atom is -0.310 e. The minimum atomic E-state index is -0.440. The van der Waals surface area contributed by atoms with E-state index in [1.807, 2.05) is 24.3 Å². The molecule has 4 heterocycles. The number of nitriles is 2. The Kier molecular flexibility index (Phi) is 16.1. The minimum absolute atomic E-state index is 0.196. The van der Waals surface area contributed by atoms with Crippen LogP contribution < -0.4 is 26.2 Å². The van der Waals surface area contributed by atoms with E-state index in [0.29, 0.717) is 11.1 Å². The van der Waals surface area contributed by atoms with Gasteiger partial charge in [-0.3, -0.25) is 0 Å². The van der Waals surface area contributed by atoms with Crippen LogP contribution in [-0.4, -0.2) is 15.8 Å². The predicted octanol–water partition coefficient (Wildman–Crippen LogP) is 25.6. The van der Waals surface area contributed by atoms with Crippen molar-refractivity contribution in [3.63, 3.8) is 0 Å². The summed E-state index contributed by atoms with van der Waals surface area (Å²) in [5.74, 6) is 0. The number of hydrogen-bond acceptors (Lipinski definition) is 4. The van der Waals surface area contributed by atoms with Gasteiger partial charge in [0.1, 0.15) is 0 Å². The van der Waals surface area contributed by atoms with Gasteiger partial charge in [0.15, 0.2) is 0 Å². The quantitative estimate of drug-likeness (QED) is 0.128. The lowest BCUT2D eigenvalue weighted by Crippen LogP contribution is -2.61. The largest absolute Gasteiger partial charge is 0.310 e. The smallest absolute Gasteiger partial charge is 0.252 e. The van der Waals surface area contributed by atoms with Crippen LogP contribution in [0.3, 0.4) is 0 Å². The van der Waals surface area contributed by atoms with Crippen molar-refractivity contribution in [2.24, 2.45) is 0 Å². The number of rotatable bonds is 10. The summed E-state index contributed by atoms with van der Waals surface area (Å²) in [5, 5.41) is 26.8. The molecular weight excluding hydrogens is 1340 g/mol. The van der Waals surface area contributed by atoms with Gasteiger partial charge in [-0.2, -0.15) is 10.5 Å². The molecule has 2 aliphatic rings. The molecule has 0 spiro atoms.